The first-order valence-corrected chi connectivity index (χ1v) is 13.1. The summed E-state index contributed by atoms with van der Waals surface area (Å²) >= 11 is 0. The maximum Gasteiger partial charge on any atom is 0.433 e. The number of ether oxygens (including phenoxy) is 1. The number of amidine groups is 1. The fourth-order valence-electron chi connectivity index (χ4n) is 5.51. The molecular formula is C28H33F3N6O2. The molecule has 5 rings (SSSR count). The van der Waals surface area contributed by atoms with Gasteiger partial charge in [0.1, 0.15) is 17.2 Å². The maximum atomic E-state index is 13.8. The van der Waals surface area contributed by atoms with Crippen molar-refractivity contribution in [2.45, 2.75) is 50.2 Å². The average Bonchev–Trinajstić information content (AvgIpc) is 3.52. The van der Waals surface area contributed by atoms with E-state index >= 15 is 0 Å². The number of nitrogens with one attached hydrogen (secondary N) is 3. The molecule has 11 heteroatoms. The minimum atomic E-state index is -4.68. The van der Waals surface area contributed by atoms with Crippen LogP contribution in [0.3, 0.4) is 0 Å². The molecule has 1 aromatic heterocycles. The van der Waals surface area contributed by atoms with Crippen molar-refractivity contribution < 1.29 is 22.7 Å². The van der Waals surface area contributed by atoms with Crippen molar-refractivity contribution in [2.75, 3.05) is 38.7 Å². The van der Waals surface area contributed by atoms with E-state index in [0.29, 0.717) is 36.3 Å². The number of hydrogen-bond donors (Lipinski definition) is 3. The van der Waals surface area contributed by atoms with Crippen molar-refractivity contribution in [3.8, 4) is 0 Å². The Bertz CT molecular complexity index is 1290. The second-order valence-corrected chi connectivity index (χ2v) is 11.2. The van der Waals surface area contributed by atoms with Crippen molar-refractivity contribution in [3.63, 3.8) is 0 Å². The van der Waals surface area contributed by atoms with Gasteiger partial charge in [0, 0.05) is 37.2 Å². The van der Waals surface area contributed by atoms with Gasteiger partial charge < -0.3 is 15.0 Å². The molecule has 1 aliphatic carbocycles. The molecule has 3 N–H and O–H groups in total. The zero-order valence-corrected chi connectivity index (χ0v) is 22.1. The first kappa shape index (κ1) is 27.3. The lowest BCUT2D eigenvalue weighted by molar-refractivity contribution is -0.141. The Balaban J connectivity index is 1.37. The van der Waals surface area contributed by atoms with Crippen molar-refractivity contribution in [1.82, 2.24) is 14.8 Å². The van der Waals surface area contributed by atoms with Gasteiger partial charge in [-0.3, -0.25) is 20.5 Å². The van der Waals surface area contributed by atoms with Gasteiger partial charge in [-0.15, -0.1) is 0 Å². The highest BCUT2D eigenvalue weighted by Crippen LogP contribution is 2.54. The molecule has 0 unspecified atom stereocenters. The molecular weight excluding hydrogens is 509 g/mol. The van der Waals surface area contributed by atoms with Crippen LogP contribution in [0.1, 0.15) is 66.0 Å². The molecule has 1 spiro atoms. The number of likely N-dealkylation sites (tertiary alicyclic amines) is 1. The molecule has 1 amide bonds. The summed E-state index contributed by atoms with van der Waals surface area (Å²) in [5.74, 6) is -0.467. The minimum Gasteiger partial charge on any atom is -0.379 e. The van der Waals surface area contributed by atoms with E-state index in [9.17, 15) is 18.0 Å². The van der Waals surface area contributed by atoms with Gasteiger partial charge in [0.25, 0.3) is 5.91 Å². The molecule has 2 saturated heterocycles. The number of amides is 1. The van der Waals surface area contributed by atoms with Crippen LogP contribution in [0, 0.1) is 16.2 Å². The molecule has 1 saturated carbocycles. The summed E-state index contributed by atoms with van der Waals surface area (Å²) in [4.78, 5) is 20.5. The third-order valence-electron chi connectivity index (χ3n) is 8.44. The van der Waals surface area contributed by atoms with Crippen LogP contribution in [0.4, 0.5) is 18.9 Å². The third kappa shape index (κ3) is 5.56. The smallest absolute Gasteiger partial charge is 0.379 e. The normalized spacial score (nSPS) is 20.2. The number of anilines is 1. The Morgan fingerprint density at radius 1 is 1.26 bits per heavy atom. The lowest BCUT2D eigenvalue weighted by atomic mass is 9.75. The van der Waals surface area contributed by atoms with E-state index in [1.54, 1.807) is 25.2 Å². The quantitative estimate of drug-likeness (QED) is 0.319. The topological polar surface area (TPSA) is 105 Å². The zero-order chi connectivity index (χ0) is 28.0. The first-order chi connectivity index (χ1) is 18.4. The summed E-state index contributed by atoms with van der Waals surface area (Å²) in [6.45, 7) is 4.35. The van der Waals surface area contributed by atoms with Crippen LogP contribution in [-0.2, 0) is 16.3 Å². The van der Waals surface area contributed by atoms with E-state index in [0.717, 1.165) is 37.5 Å². The van der Waals surface area contributed by atoms with Crippen LogP contribution in [-0.4, -0.2) is 66.2 Å². The molecule has 39 heavy (non-hydrogen) atoms. The van der Waals surface area contributed by atoms with Gasteiger partial charge in [0.15, 0.2) is 0 Å². The molecule has 0 bridgehead atoms. The standard InChI is InChI=1S/C28H33F3N6O2/c1-18(37-9-8-26(14-37)6-7-26)19-10-22(35-23(11-19)28(29,30)31)25(38)34-21-5-3-4-20(12-21)27(15-39-16-27)13-24(33)36(2)17-32/h3-5,10-12,17-18,32-33H,6-9,13-16H2,1-2H3,(H,34,38)/t18-/m1/s1. The SMILES string of the molecule is C[C@H](c1cc(C(=O)Nc2cccc(C3(CC(=N)N(C)C=N)COC3)c2)nc(C(F)(F)F)c1)N1CCC2(CC2)C1. The summed E-state index contributed by atoms with van der Waals surface area (Å²) in [5.41, 5.74) is 0.159. The third-order valence-corrected chi connectivity index (χ3v) is 8.44. The monoisotopic (exact) mass is 542 g/mol. The number of halogens is 3. The predicted molar refractivity (Wildman–Crippen MR) is 141 cm³/mol. The Labute approximate surface area is 225 Å². The molecule has 0 radical (unpaired) electrons. The van der Waals surface area contributed by atoms with Crippen LogP contribution < -0.4 is 5.32 Å². The number of rotatable bonds is 8. The van der Waals surface area contributed by atoms with Crippen LogP contribution in [0.2, 0.25) is 0 Å². The Morgan fingerprint density at radius 3 is 2.59 bits per heavy atom. The molecule has 3 heterocycles. The molecule has 3 fully saturated rings. The van der Waals surface area contributed by atoms with Crippen LogP contribution in [0.15, 0.2) is 36.4 Å². The van der Waals surface area contributed by atoms with Crippen LogP contribution in [0.25, 0.3) is 0 Å². The van der Waals surface area contributed by atoms with E-state index < -0.39 is 23.2 Å². The van der Waals surface area contributed by atoms with Crippen molar-refractivity contribution >= 4 is 23.8 Å². The van der Waals surface area contributed by atoms with E-state index in [1.165, 1.54) is 23.8 Å². The molecule has 8 nitrogen and oxygen atoms in total. The van der Waals surface area contributed by atoms with Gasteiger partial charge in [0.05, 0.1) is 19.6 Å². The lowest BCUT2D eigenvalue weighted by Gasteiger charge is -2.42. The van der Waals surface area contributed by atoms with Gasteiger partial charge >= 0.3 is 6.18 Å². The molecule has 1 aromatic carbocycles. The van der Waals surface area contributed by atoms with Crippen molar-refractivity contribution in [1.29, 1.82) is 10.8 Å². The Hall–Kier alpha value is -3.31. The minimum absolute atomic E-state index is 0.253. The largest absolute Gasteiger partial charge is 0.433 e. The number of nitrogens with zero attached hydrogens (tertiary/aromatic N) is 3. The lowest BCUT2D eigenvalue weighted by Crippen LogP contribution is -2.49. The number of aromatic nitrogens is 1. The van der Waals surface area contributed by atoms with Crippen LogP contribution in [0.5, 0.6) is 0 Å². The predicted octanol–water partition coefficient (Wildman–Crippen LogP) is 5.07. The number of carbonyl (C=O) groups is 1. The van der Waals surface area contributed by atoms with Gasteiger partial charge in [0.2, 0.25) is 0 Å². The second-order valence-electron chi connectivity index (χ2n) is 11.2. The summed E-state index contributed by atoms with van der Waals surface area (Å²) in [6.07, 6.45) is 0.115. The molecule has 3 aliphatic rings. The number of alkyl halides is 3. The highest BCUT2D eigenvalue weighted by molar-refractivity contribution is 6.03. The van der Waals surface area contributed by atoms with Crippen molar-refractivity contribution in [3.05, 3.63) is 58.9 Å². The molecule has 208 valence electrons. The average molecular weight is 543 g/mol. The maximum absolute atomic E-state index is 13.8. The highest BCUT2D eigenvalue weighted by Gasteiger charge is 2.48. The number of carbonyl (C=O) groups excluding carboxylic acids is 1. The van der Waals surface area contributed by atoms with Gasteiger partial charge in [-0.05, 0) is 73.5 Å². The van der Waals surface area contributed by atoms with Crippen LogP contribution >= 0.6 is 0 Å². The number of benzene rings is 1. The summed E-state index contributed by atoms with van der Waals surface area (Å²) < 4.78 is 46.8. The fourth-order valence-corrected chi connectivity index (χ4v) is 5.51. The van der Waals surface area contributed by atoms with Crippen molar-refractivity contribution in [2.24, 2.45) is 5.41 Å². The second kappa shape index (κ2) is 10.0. The van der Waals surface area contributed by atoms with Gasteiger partial charge in [-0.2, -0.15) is 13.2 Å². The fraction of sp³-hybridized carbons (Fsp3) is 0.500. The van der Waals surface area contributed by atoms with E-state index in [-0.39, 0.29) is 17.6 Å². The number of pyridine rings is 1. The molecule has 2 aromatic rings. The molecule has 1 atom stereocenters. The summed E-state index contributed by atoms with van der Waals surface area (Å²) in [5, 5.41) is 18.4. The highest BCUT2D eigenvalue weighted by atomic mass is 19.4. The van der Waals surface area contributed by atoms with E-state index in [4.69, 9.17) is 15.6 Å². The number of hydrogen-bond acceptors (Lipinski definition) is 6. The Morgan fingerprint density at radius 2 is 2.00 bits per heavy atom. The van der Waals surface area contributed by atoms with E-state index in [2.05, 4.69) is 15.2 Å². The summed E-state index contributed by atoms with van der Waals surface area (Å²) in [6, 6.07) is 9.31. The first-order valence-electron chi connectivity index (χ1n) is 13.1. The summed E-state index contributed by atoms with van der Waals surface area (Å²) in [7, 11) is 1.63. The molecule has 2 aliphatic heterocycles. The Kier molecular flexibility index (Phi) is 7.00. The zero-order valence-electron chi connectivity index (χ0n) is 22.1. The van der Waals surface area contributed by atoms with Gasteiger partial charge in [-0.25, -0.2) is 4.98 Å². The van der Waals surface area contributed by atoms with Gasteiger partial charge in [-0.1, -0.05) is 12.1 Å². The van der Waals surface area contributed by atoms with E-state index in [1.807, 2.05) is 13.0 Å².